The molecule has 1 aliphatic carbocycles. The molecule has 0 atom stereocenters. The molecule has 1 saturated carbocycles. The van der Waals surface area contributed by atoms with Gasteiger partial charge in [-0.1, -0.05) is 37.1 Å². The van der Waals surface area contributed by atoms with E-state index in [1.807, 2.05) is 6.07 Å². The van der Waals surface area contributed by atoms with Crippen molar-refractivity contribution in [3.05, 3.63) is 35.4 Å². The molecule has 14 heavy (non-hydrogen) atoms. The predicted molar refractivity (Wildman–Crippen MR) is 57.4 cm³/mol. The largest absolute Gasteiger partial charge is 0.303 e. The molecule has 0 amide bonds. The van der Waals surface area contributed by atoms with Crippen LogP contribution in [0, 0.1) is 0 Å². The minimum absolute atomic E-state index is 0.576. The number of benzene rings is 1. The van der Waals surface area contributed by atoms with Gasteiger partial charge in [0.05, 0.1) is 0 Å². The predicted octanol–water partition coefficient (Wildman–Crippen LogP) is 3.09. The van der Waals surface area contributed by atoms with Crippen molar-refractivity contribution in [2.75, 3.05) is 0 Å². The van der Waals surface area contributed by atoms with Crippen LogP contribution in [0.2, 0.25) is 0 Å². The maximum absolute atomic E-state index is 10.5. The first kappa shape index (κ1) is 9.45. The minimum Gasteiger partial charge on any atom is -0.303 e. The number of rotatable bonds is 3. The second-order valence-corrected chi connectivity index (χ2v) is 4.05. The van der Waals surface area contributed by atoms with Crippen LogP contribution in [0.15, 0.2) is 24.3 Å². The van der Waals surface area contributed by atoms with E-state index in [4.69, 9.17) is 0 Å². The Kier molecular flexibility index (Phi) is 2.97. The maximum Gasteiger partial charge on any atom is 0.124 e. The Hall–Kier alpha value is -1.11. The van der Waals surface area contributed by atoms with Crippen molar-refractivity contribution >= 4 is 6.29 Å². The van der Waals surface area contributed by atoms with Crippen molar-refractivity contribution in [3.8, 4) is 0 Å². The van der Waals surface area contributed by atoms with Crippen molar-refractivity contribution in [1.82, 2.24) is 0 Å². The third kappa shape index (κ3) is 1.87. The van der Waals surface area contributed by atoms with E-state index >= 15 is 0 Å². The van der Waals surface area contributed by atoms with E-state index in [0.717, 1.165) is 6.29 Å². The Morgan fingerprint density at radius 3 is 2.64 bits per heavy atom. The first-order valence-corrected chi connectivity index (χ1v) is 5.43. The van der Waals surface area contributed by atoms with Gasteiger partial charge in [-0.25, -0.2) is 0 Å². The molecule has 0 aliphatic heterocycles. The van der Waals surface area contributed by atoms with E-state index in [1.165, 1.54) is 36.8 Å². The normalized spacial score (nSPS) is 17.1. The fraction of sp³-hybridized carbons (Fsp3) is 0.462. The van der Waals surface area contributed by atoms with Gasteiger partial charge in [-0.2, -0.15) is 0 Å². The van der Waals surface area contributed by atoms with E-state index in [2.05, 4.69) is 18.2 Å². The molecule has 0 bridgehead atoms. The molecular formula is C13H16O. The van der Waals surface area contributed by atoms with Crippen LogP contribution in [0.1, 0.15) is 42.7 Å². The molecule has 0 N–H and O–H groups in total. The zero-order chi connectivity index (χ0) is 9.80. The summed E-state index contributed by atoms with van der Waals surface area (Å²) in [6.45, 7) is 0. The van der Waals surface area contributed by atoms with Crippen LogP contribution in [0.25, 0.3) is 0 Å². The standard InChI is InChI=1S/C13H16O/c14-10-9-12-7-3-4-8-13(12)11-5-1-2-6-11/h3-4,7-8,10-11H,1-2,5-6,9H2. The average molecular weight is 188 g/mol. The van der Waals surface area contributed by atoms with E-state index in [1.54, 1.807) is 0 Å². The molecule has 0 heterocycles. The molecule has 0 aromatic heterocycles. The van der Waals surface area contributed by atoms with Gasteiger partial charge >= 0.3 is 0 Å². The van der Waals surface area contributed by atoms with Gasteiger partial charge in [0.25, 0.3) is 0 Å². The minimum atomic E-state index is 0.576. The van der Waals surface area contributed by atoms with Crippen LogP contribution < -0.4 is 0 Å². The SMILES string of the molecule is O=CCc1ccccc1C1CCCC1. The lowest BCUT2D eigenvalue weighted by Gasteiger charge is -2.13. The summed E-state index contributed by atoms with van der Waals surface area (Å²) in [5.74, 6) is 0.714. The number of hydrogen-bond acceptors (Lipinski definition) is 1. The fourth-order valence-corrected chi connectivity index (χ4v) is 2.44. The van der Waals surface area contributed by atoms with Gasteiger partial charge in [0.1, 0.15) is 6.29 Å². The van der Waals surface area contributed by atoms with Gasteiger partial charge in [-0.15, -0.1) is 0 Å². The van der Waals surface area contributed by atoms with Crippen LogP contribution in [0.4, 0.5) is 0 Å². The molecule has 1 heteroatoms. The van der Waals surface area contributed by atoms with E-state index in [-0.39, 0.29) is 0 Å². The Labute approximate surface area is 85.1 Å². The molecule has 1 nitrogen and oxygen atoms in total. The van der Waals surface area contributed by atoms with Gasteiger partial charge in [0.2, 0.25) is 0 Å². The Bertz CT molecular complexity index is 311. The second kappa shape index (κ2) is 4.41. The molecule has 0 radical (unpaired) electrons. The van der Waals surface area contributed by atoms with Crippen molar-refractivity contribution in [3.63, 3.8) is 0 Å². The summed E-state index contributed by atoms with van der Waals surface area (Å²) < 4.78 is 0. The van der Waals surface area contributed by atoms with Crippen molar-refractivity contribution in [1.29, 1.82) is 0 Å². The van der Waals surface area contributed by atoms with Gasteiger partial charge < -0.3 is 4.79 Å². The average Bonchev–Trinajstić information content (AvgIpc) is 2.72. The summed E-state index contributed by atoms with van der Waals surface area (Å²) in [5.41, 5.74) is 2.64. The highest BCUT2D eigenvalue weighted by Gasteiger charge is 2.18. The Morgan fingerprint density at radius 1 is 1.21 bits per heavy atom. The zero-order valence-corrected chi connectivity index (χ0v) is 8.41. The first-order valence-electron chi connectivity index (χ1n) is 5.43. The van der Waals surface area contributed by atoms with E-state index in [0.29, 0.717) is 12.3 Å². The molecule has 0 saturated heterocycles. The molecule has 74 valence electrons. The third-order valence-electron chi connectivity index (χ3n) is 3.15. The highest BCUT2D eigenvalue weighted by atomic mass is 16.1. The van der Waals surface area contributed by atoms with Crippen LogP contribution in [0.5, 0.6) is 0 Å². The number of carbonyl (C=O) groups is 1. The van der Waals surface area contributed by atoms with Gasteiger partial charge in [-0.05, 0) is 29.9 Å². The molecule has 2 rings (SSSR count). The summed E-state index contributed by atoms with van der Waals surface area (Å²) >= 11 is 0. The highest BCUT2D eigenvalue weighted by Crippen LogP contribution is 2.35. The highest BCUT2D eigenvalue weighted by molar-refractivity contribution is 5.56. The number of carbonyl (C=O) groups excluding carboxylic acids is 1. The summed E-state index contributed by atoms with van der Waals surface area (Å²) in [4.78, 5) is 10.5. The maximum atomic E-state index is 10.5. The van der Waals surface area contributed by atoms with Crippen molar-refractivity contribution in [2.24, 2.45) is 0 Å². The van der Waals surface area contributed by atoms with Crippen molar-refractivity contribution < 1.29 is 4.79 Å². The molecule has 0 unspecified atom stereocenters. The molecule has 0 spiro atoms. The van der Waals surface area contributed by atoms with Crippen molar-refractivity contribution in [2.45, 2.75) is 38.0 Å². The van der Waals surface area contributed by atoms with Gasteiger partial charge in [-0.3, -0.25) is 0 Å². The quantitative estimate of drug-likeness (QED) is 0.666. The van der Waals surface area contributed by atoms with E-state index in [9.17, 15) is 4.79 Å². The topological polar surface area (TPSA) is 17.1 Å². The van der Waals surface area contributed by atoms with Crippen LogP contribution in [-0.2, 0) is 11.2 Å². The number of aldehydes is 1. The lowest BCUT2D eigenvalue weighted by molar-refractivity contribution is -0.107. The Morgan fingerprint density at radius 2 is 1.93 bits per heavy atom. The Balaban J connectivity index is 2.25. The molecule has 1 aromatic rings. The third-order valence-corrected chi connectivity index (χ3v) is 3.15. The summed E-state index contributed by atoms with van der Waals surface area (Å²) in [6, 6.07) is 8.39. The monoisotopic (exact) mass is 188 g/mol. The van der Waals surface area contributed by atoms with Gasteiger partial charge in [0.15, 0.2) is 0 Å². The van der Waals surface area contributed by atoms with Crippen LogP contribution >= 0.6 is 0 Å². The molecule has 1 aromatic carbocycles. The fourth-order valence-electron chi connectivity index (χ4n) is 2.44. The molecule has 1 fully saturated rings. The second-order valence-electron chi connectivity index (χ2n) is 4.05. The van der Waals surface area contributed by atoms with Crippen LogP contribution in [-0.4, -0.2) is 6.29 Å². The van der Waals surface area contributed by atoms with Gasteiger partial charge in [0, 0.05) is 6.42 Å². The van der Waals surface area contributed by atoms with Crippen LogP contribution in [0.3, 0.4) is 0 Å². The zero-order valence-electron chi connectivity index (χ0n) is 8.41. The molecule has 1 aliphatic rings. The lowest BCUT2D eigenvalue weighted by Crippen LogP contribution is -1.99. The molecular weight excluding hydrogens is 172 g/mol. The van der Waals surface area contributed by atoms with E-state index < -0.39 is 0 Å². The number of hydrogen-bond donors (Lipinski definition) is 0. The smallest absolute Gasteiger partial charge is 0.124 e. The first-order chi connectivity index (χ1) is 6.92. The summed E-state index contributed by atoms with van der Waals surface area (Å²) in [5, 5.41) is 0. The summed E-state index contributed by atoms with van der Waals surface area (Å²) in [7, 11) is 0. The lowest BCUT2D eigenvalue weighted by atomic mass is 9.92. The summed E-state index contributed by atoms with van der Waals surface area (Å²) in [6.07, 6.45) is 6.88.